The molecular weight excluding hydrogens is 648 g/mol. The van der Waals surface area contributed by atoms with Crippen molar-refractivity contribution >= 4 is 17.7 Å². The van der Waals surface area contributed by atoms with Gasteiger partial charge >= 0.3 is 11.9 Å². The fraction of sp³-hybridized carbons (Fsp3) is 0.784. The Morgan fingerprint density at radius 2 is 1.68 bits per heavy atom. The highest BCUT2D eigenvalue weighted by molar-refractivity contribution is 5.84. The van der Waals surface area contributed by atoms with Gasteiger partial charge < -0.3 is 43.5 Å². The molecule has 4 rings (SSSR count). The highest BCUT2D eigenvalue weighted by Crippen LogP contribution is 2.51. The third kappa shape index (κ3) is 8.09. The Balaban J connectivity index is 1.81. The number of Topliss-reactive ketones (excluding diaryl/α,β-unsaturated/α-hetero) is 1. The van der Waals surface area contributed by atoms with Crippen molar-refractivity contribution in [1.29, 1.82) is 0 Å². The van der Waals surface area contributed by atoms with Crippen LogP contribution in [-0.2, 0) is 49.2 Å². The zero-order valence-corrected chi connectivity index (χ0v) is 31.4. The minimum absolute atomic E-state index is 0.0543. The third-order valence-corrected chi connectivity index (χ3v) is 11.5. The van der Waals surface area contributed by atoms with Gasteiger partial charge in [0.1, 0.15) is 29.7 Å². The number of hydrogen-bond donors (Lipinski definition) is 2. The number of pyridine rings is 1. The first kappa shape index (κ1) is 40.3. The number of fused-ring (bicyclic) bond motifs is 1. The standard InChI is InChI=1S/C37H58N2O11/c1-19-18-36(7,46-11)32(50-35-30(45-10)26(39(8)9)16-20(2)47-35)22(4)29(48-27(40)17-25-12-14-38-15-13-25)23(5)34(43)49-33-24(6)37(33,44)31(42)21(3)28(19)41/h12-15,19-24,26,29-33,35,42,44H,16-18H2,1-11H3/t19-,20-,21+,22+,23-,24?,26+,29+,30-,31-,32-,33-,35+,36+,37+/m1/s1. The van der Waals surface area contributed by atoms with Crippen molar-refractivity contribution in [2.24, 2.45) is 29.6 Å². The predicted octanol–water partition coefficient (Wildman–Crippen LogP) is 2.58. The van der Waals surface area contributed by atoms with E-state index in [1.54, 1.807) is 59.3 Å². The van der Waals surface area contributed by atoms with Crippen LogP contribution in [0.15, 0.2) is 24.5 Å². The Morgan fingerprint density at radius 3 is 2.26 bits per heavy atom. The molecule has 3 fully saturated rings. The van der Waals surface area contributed by atoms with Gasteiger partial charge in [-0.05, 0) is 65.4 Å². The zero-order valence-electron chi connectivity index (χ0n) is 31.4. The highest BCUT2D eigenvalue weighted by Gasteiger charge is 2.70. The molecule has 0 bridgehead atoms. The molecule has 0 aromatic carbocycles. The molecule has 0 amide bonds. The summed E-state index contributed by atoms with van der Waals surface area (Å²) in [5.74, 6) is -5.63. The molecule has 2 aliphatic heterocycles. The topological polar surface area (TPSA) is 163 Å². The summed E-state index contributed by atoms with van der Waals surface area (Å²) in [6.07, 6.45) is -2.24. The van der Waals surface area contributed by atoms with Crippen molar-refractivity contribution in [3.63, 3.8) is 0 Å². The second kappa shape index (κ2) is 16.0. The first-order chi connectivity index (χ1) is 23.4. The maximum absolute atomic E-state index is 13.9. The zero-order chi connectivity index (χ0) is 37.3. The van der Waals surface area contributed by atoms with Crippen LogP contribution in [0.5, 0.6) is 0 Å². The molecule has 0 radical (unpaired) electrons. The van der Waals surface area contributed by atoms with Gasteiger partial charge in [-0.2, -0.15) is 0 Å². The highest BCUT2D eigenvalue weighted by atomic mass is 16.7. The number of methoxy groups -OCH3 is 2. The average molecular weight is 707 g/mol. The number of likely N-dealkylation sites (N-methyl/N-ethyl adjacent to an activating group) is 1. The lowest BCUT2D eigenvalue weighted by Gasteiger charge is -2.48. The number of aliphatic hydroxyl groups excluding tert-OH is 1. The van der Waals surface area contributed by atoms with E-state index in [4.69, 9.17) is 28.4 Å². The van der Waals surface area contributed by atoms with E-state index in [0.717, 1.165) is 0 Å². The molecule has 282 valence electrons. The van der Waals surface area contributed by atoms with Crippen LogP contribution in [0.3, 0.4) is 0 Å². The summed E-state index contributed by atoms with van der Waals surface area (Å²) in [4.78, 5) is 47.4. The van der Waals surface area contributed by atoms with E-state index in [1.165, 1.54) is 7.11 Å². The molecule has 0 spiro atoms. The Morgan fingerprint density at radius 1 is 1.04 bits per heavy atom. The Hall–Kier alpha value is -2.52. The van der Waals surface area contributed by atoms with Crippen LogP contribution in [0.2, 0.25) is 0 Å². The van der Waals surface area contributed by atoms with E-state index in [-0.39, 0.29) is 30.8 Å². The molecule has 13 heteroatoms. The Labute approximate surface area is 296 Å². The van der Waals surface area contributed by atoms with Crippen LogP contribution < -0.4 is 0 Å². The average Bonchev–Trinajstić information content (AvgIpc) is 3.61. The lowest BCUT2D eigenvalue weighted by Crippen LogP contribution is -2.60. The maximum atomic E-state index is 13.9. The van der Waals surface area contributed by atoms with Gasteiger partial charge in [0.2, 0.25) is 0 Å². The second-order valence-corrected chi connectivity index (χ2v) is 15.3. The van der Waals surface area contributed by atoms with Crippen LogP contribution in [0.4, 0.5) is 0 Å². The maximum Gasteiger partial charge on any atom is 0.312 e. The number of esters is 2. The molecule has 1 aliphatic carbocycles. The first-order valence-corrected chi connectivity index (χ1v) is 17.7. The fourth-order valence-electron chi connectivity index (χ4n) is 8.13. The van der Waals surface area contributed by atoms with E-state index in [0.29, 0.717) is 12.0 Å². The number of hydrogen-bond acceptors (Lipinski definition) is 13. The number of ketones is 1. The van der Waals surface area contributed by atoms with Crippen LogP contribution in [0.1, 0.15) is 66.9 Å². The van der Waals surface area contributed by atoms with Gasteiger partial charge in [-0.25, -0.2) is 0 Å². The normalized spacial score (nSPS) is 43.0. The van der Waals surface area contributed by atoms with Gasteiger partial charge in [-0.3, -0.25) is 19.4 Å². The lowest BCUT2D eigenvalue weighted by molar-refractivity contribution is -0.305. The summed E-state index contributed by atoms with van der Waals surface area (Å²) in [5.41, 5.74) is -2.35. The number of aromatic nitrogens is 1. The SMILES string of the molecule is CO[C@H]1[C@H](O[C@@H]2[C@@H](C)[C@H](OC(=O)Cc3ccncc3)[C@@H](C)C(=O)O[C@@H]3C(C)[C@]3(O)[C@H](O)[C@@H](C)C(=O)[C@H](C)C[C@]2(C)OC)O[C@H](C)C[C@@H]1N(C)C. The van der Waals surface area contributed by atoms with Crippen molar-refractivity contribution in [2.45, 2.75) is 128 Å². The summed E-state index contributed by atoms with van der Waals surface area (Å²) in [6, 6.07) is 3.36. The molecule has 1 aromatic rings. The van der Waals surface area contributed by atoms with Gasteiger partial charge in [0, 0.05) is 56.3 Å². The number of aliphatic hydroxyl groups is 2. The summed E-state index contributed by atoms with van der Waals surface area (Å²) >= 11 is 0. The molecule has 50 heavy (non-hydrogen) atoms. The fourth-order valence-corrected chi connectivity index (χ4v) is 8.13. The lowest BCUT2D eigenvalue weighted by atomic mass is 9.75. The number of carbonyl (C=O) groups excluding carboxylic acids is 3. The van der Waals surface area contributed by atoms with Gasteiger partial charge in [0.15, 0.2) is 6.29 Å². The molecule has 3 heterocycles. The quantitative estimate of drug-likeness (QED) is 0.380. The third-order valence-electron chi connectivity index (χ3n) is 11.5. The summed E-state index contributed by atoms with van der Waals surface area (Å²) in [6.45, 7) is 12.2. The minimum atomic E-state index is -1.81. The van der Waals surface area contributed by atoms with Crippen molar-refractivity contribution < 1.29 is 53.0 Å². The van der Waals surface area contributed by atoms with E-state index in [2.05, 4.69) is 9.88 Å². The minimum Gasteiger partial charge on any atom is -0.461 e. The van der Waals surface area contributed by atoms with Crippen LogP contribution in [-0.4, -0.2) is 126 Å². The number of ether oxygens (including phenoxy) is 6. The number of rotatable bonds is 8. The van der Waals surface area contributed by atoms with E-state index >= 15 is 0 Å². The molecule has 1 saturated carbocycles. The summed E-state index contributed by atoms with van der Waals surface area (Å²) in [7, 11) is 7.04. The van der Waals surface area contributed by atoms with Gasteiger partial charge in [0.25, 0.3) is 0 Å². The Bertz CT molecular complexity index is 1330. The molecule has 13 nitrogen and oxygen atoms in total. The molecule has 15 atom stereocenters. The largest absolute Gasteiger partial charge is 0.461 e. The molecule has 1 unspecified atom stereocenters. The summed E-state index contributed by atoms with van der Waals surface area (Å²) in [5, 5.41) is 22.8. The molecule has 2 saturated heterocycles. The second-order valence-electron chi connectivity index (χ2n) is 15.3. The molecule has 3 aliphatic rings. The van der Waals surface area contributed by atoms with Crippen molar-refractivity contribution in [1.82, 2.24) is 9.88 Å². The number of nitrogens with zero attached hydrogens (tertiary/aromatic N) is 2. The van der Waals surface area contributed by atoms with Crippen LogP contribution in [0.25, 0.3) is 0 Å². The molecule has 2 N–H and O–H groups in total. The predicted molar refractivity (Wildman–Crippen MR) is 182 cm³/mol. The van der Waals surface area contributed by atoms with Gasteiger partial charge in [-0.1, -0.05) is 27.7 Å². The Kier molecular flexibility index (Phi) is 12.9. The molecular formula is C37H58N2O11. The smallest absolute Gasteiger partial charge is 0.312 e. The first-order valence-electron chi connectivity index (χ1n) is 17.7. The van der Waals surface area contributed by atoms with Gasteiger partial charge in [0.05, 0.1) is 36.3 Å². The van der Waals surface area contributed by atoms with Crippen LogP contribution >= 0.6 is 0 Å². The molecule has 1 aromatic heterocycles. The monoisotopic (exact) mass is 706 g/mol. The van der Waals surface area contributed by atoms with Crippen LogP contribution in [0, 0.1) is 29.6 Å². The van der Waals surface area contributed by atoms with E-state index < -0.39 is 89.5 Å². The van der Waals surface area contributed by atoms with E-state index in [9.17, 15) is 24.6 Å². The van der Waals surface area contributed by atoms with Gasteiger partial charge in [-0.15, -0.1) is 0 Å². The van der Waals surface area contributed by atoms with Crippen molar-refractivity contribution in [3.05, 3.63) is 30.1 Å². The van der Waals surface area contributed by atoms with Crippen molar-refractivity contribution in [3.8, 4) is 0 Å². The van der Waals surface area contributed by atoms with Crippen molar-refractivity contribution in [2.75, 3.05) is 28.3 Å². The summed E-state index contributed by atoms with van der Waals surface area (Å²) < 4.78 is 37.5. The number of carbonyl (C=O) groups is 3. The van der Waals surface area contributed by atoms with E-state index in [1.807, 2.05) is 34.9 Å².